The minimum atomic E-state index is -0.392. The minimum Gasteiger partial charge on any atom is -0.324 e. The Morgan fingerprint density at radius 2 is 1.88 bits per heavy atom. The van der Waals surface area contributed by atoms with Gasteiger partial charge in [-0.2, -0.15) is 0 Å². The van der Waals surface area contributed by atoms with Crippen molar-refractivity contribution in [2.45, 2.75) is 0 Å². The van der Waals surface area contributed by atoms with Crippen molar-refractivity contribution < 1.29 is 4.39 Å². The first-order chi connectivity index (χ1) is 12.2. The summed E-state index contributed by atoms with van der Waals surface area (Å²) in [6.45, 7) is 0. The summed E-state index contributed by atoms with van der Waals surface area (Å²) in [7, 11) is 0. The number of hydrogen-bond acceptors (Lipinski definition) is 5. The molecule has 0 fully saturated rings. The largest absolute Gasteiger partial charge is 0.324 e. The van der Waals surface area contributed by atoms with Crippen LogP contribution in [0.25, 0.3) is 22.3 Å². The zero-order chi connectivity index (χ0) is 17.2. The molecule has 0 saturated carbocycles. The van der Waals surface area contributed by atoms with Crippen molar-refractivity contribution >= 4 is 38.5 Å². The topological polar surface area (TPSA) is 63.6 Å². The van der Waals surface area contributed by atoms with E-state index in [1.165, 1.54) is 6.07 Å². The summed E-state index contributed by atoms with van der Waals surface area (Å²) in [5.41, 5.74) is 1.57. The smallest absolute Gasteiger partial charge is 0.163 e. The lowest BCUT2D eigenvalue weighted by molar-refractivity contribution is 0.622. The fourth-order valence-electron chi connectivity index (χ4n) is 2.41. The Kier molecular flexibility index (Phi) is 4.07. The number of para-hydroxylation sites is 1. The molecule has 0 aliphatic carbocycles. The summed E-state index contributed by atoms with van der Waals surface area (Å²) >= 11 is 3.53. The number of benzene rings is 1. The van der Waals surface area contributed by atoms with E-state index in [0.29, 0.717) is 17.5 Å². The number of hydrogen-bond donors (Lipinski definition) is 1. The Bertz CT molecular complexity index is 1040. The molecule has 4 rings (SSSR count). The maximum Gasteiger partial charge on any atom is 0.163 e. The van der Waals surface area contributed by atoms with Crippen LogP contribution in [-0.4, -0.2) is 19.9 Å². The summed E-state index contributed by atoms with van der Waals surface area (Å²) in [4.78, 5) is 17.4. The molecule has 0 amide bonds. The van der Waals surface area contributed by atoms with Gasteiger partial charge in [-0.05, 0) is 52.3 Å². The van der Waals surface area contributed by atoms with Gasteiger partial charge in [0.05, 0.1) is 11.7 Å². The number of nitrogens with one attached hydrogen (secondary N) is 1. The standard InChI is InChI=1S/C18H11BrFN5/c19-14-5-1-4-13-16(14)24-17(11-3-2-8-21-9-11)25-18(13)23-15-7-6-12(20)10-22-15/h1-10H,(H,22,23,24,25). The number of aromatic nitrogens is 4. The molecular formula is C18H11BrFN5. The van der Waals surface area contributed by atoms with Crippen LogP contribution < -0.4 is 5.32 Å². The van der Waals surface area contributed by atoms with Gasteiger partial charge in [-0.1, -0.05) is 6.07 Å². The molecule has 3 heterocycles. The highest BCUT2D eigenvalue weighted by atomic mass is 79.9. The minimum absolute atomic E-state index is 0.392. The van der Waals surface area contributed by atoms with Gasteiger partial charge in [0, 0.05) is 27.8 Å². The fraction of sp³-hybridized carbons (Fsp3) is 0. The molecule has 0 bridgehead atoms. The highest BCUT2D eigenvalue weighted by molar-refractivity contribution is 9.10. The van der Waals surface area contributed by atoms with Gasteiger partial charge in [-0.25, -0.2) is 19.3 Å². The second-order valence-corrected chi connectivity index (χ2v) is 6.11. The molecule has 1 aromatic carbocycles. The van der Waals surface area contributed by atoms with Gasteiger partial charge in [-0.15, -0.1) is 0 Å². The van der Waals surface area contributed by atoms with Crippen LogP contribution in [-0.2, 0) is 0 Å². The van der Waals surface area contributed by atoms with Crippen LogP contribution in [0.15, 0.2) is 65.5 Å². The molecule has 0 aliphatic heterocycles. The maximum absolute atomic E-state index is 13.1. The number of pyridine rings is 2. The number of anilines is 2. The molecule has 5 nitrogen and oxygen atoms in total. The van der Waals surface area contributed by atoms with Gasteiger partial charge >= 0.3 is 0 Å². The lowest BCUT2D eigenvalue weighted by atomic mass is 10.2. The van der Waals surface area contributed by atoms with E-state index in [0.717, 1.165) is 27.1 Å². The third-order valence-corrected chi connectivity index (χ3v) is 4.21. The Balaban J connectivity index is 1.89. The van der Waals surface area contributed by atoms with Crippen LogP contribution in [0.5, 0.6) is 0 Å². The highest BCUT2D eigenvalue weighted by Crippen LogP contribution is 2.30. The SMILES string of the molecule is Fc1ccc(Nc2nc(-c3cccnc3)nc3c(Br)cccc23)nc1. The normalized spacial score (nSPS) is 10.8. The van der Waals surface area contributed by atoms with Crippen LogP contribution in [0.3, 0.4) is 0 Å². The summed E-state index contributed by atoms with van der Waals surface area (Å²) in [6.07, 6.45) is 4.56. The lowest BCUT2D eigenvalue weighted by Crippen LogP contribution is -2.01. The molecule has 25 heavy (non-hydrogen) atoms. The summed E-state index contributed by atoms with van der Waals surface area (Å²) < 4.78 is 13.9. The Morgan fingerprint density at radius 1 is 0.960 bits per heavy atom. The zero-order valence-corrected chi connectivity index (χ0v) is 14.4. The summed E-state index contributed by atoms with van der Waals surface area (Å²) in [5, 5.41) is 3.97. The summed E-state index contributed by atoms with van der Waals surface area (Å²) in [5.74, 6) is 1.23. The second-order valence-electron chi connectivity index (χ2n) is 5.26. The molecule has 0 atom stereocenters. The molecule has 0 aliphatic rings. The van der Waals surface area contributed by atoms with Crippen LogP contribution >= 0.6 is 15.9 Å². The van der Waals surface area contributed by atoms with Gasteiger partial charge in [0.2, 0.25) is 0 Å². The molecule has 0 radical (unpaired) electrons. The fourth-order valence-corrected chi connectivity index (χ4v) is 2.86. The molecule has 3 aromatic heterocycles. The van der Waals surface area contributed by atoms with E-state index >= 15 is 0 Å². The van der Waals surface area contributed by atoms with E-state index in [4.69, 9.17) is 0 Å². The molecule has 0 spiro atoms. The molecule has 0 unspecified atom stereocenters. The average Bonchev–Trinajstić information content (AvgIpc) is 2.65. The first-order valence-electron chi connectivity index (χ1n) is 7.46. The third-order valence-electron chi connectivity index (χ3n) is 3.57. The van der Waals surface area contributed by atoms with E-state index in [9.17, 15) is 4.39 Å². The van der Waals surface area contributed by atoms with Crippen molar-refractivity contribution in [3.8, 4) is 11.4 Å². The Morgan fingerprint density at radius 3 is 2.64 bits per heavy atom. The van der Waals surface area contributed by atoms with Gasteiger partial charge in [-0.3, -0.25) is 4.98 Å². The van der Waals surface area contributed by atoms with Gasteiger partial charge < -0.3 is 5.32 Å². The predicted molar refractivity (Wildman–Crippen MR) is 97.9 cm³/mol. The van der Waals surface area contributed by atoms with Crippen LogP contribution in [0.2, 0.25) is 0 Å². The predicted octanol–water partition coefficient (Wildman–Crippen LogP) is 4.73. The number of halogens is 2. The number of fused-ring (bicyclic) bond motifs is 1. The molecule has 122 valence electrons. The number of nitrogens with zero attached hydrogens (tertiary/aromatic N) is 4. The van der Waals surface area contributed by atoms with Crippen molar-refractivity contribution in [2.24, 2.45) is 0 Å². The van der Waals surface area contributed by atoms with Crippen molar-refractivity contribution in [1.82, 2.24) is 19.9 Å². The van der Waals surface area contributed by atoms with E-state index in [1.807, 2.05) is 30.3 Å². The van der Waals surface area contributed by atoms with E-state index in [2.05, 4.69) is 41.2 Å². The third kappa shape index (κ3) is 3.18. The first-order valence-corrected chi connectivity index (χ1v) is 8.25. The van der Waals surface area contributed by atoms with E-state index in [1.54, 1.807) is 18.5 Å². The van der Waals surface area contributed by atoms with Crippen molar-refractivity contribution in [3.05, 3.63) is 71.3 Å². The van der Waals surface area contributed by atoms with Gasteiger partial charge in [0.1, 0.15) is 17.5 Å². The first kappa shape index (κ1) is 15.6. The van der Waals surface area contributed by atoms with Gasteiger partial charge in [0.25, 0.3) is 0 Å². The van der Waals surface area contributed by atoms with Crippen molar-refractivity contribution in [3.63, 3.8) is 0 Å². The monoisotopic (exact) mass is 395 g/mol. The van der Waals surface area contributed by atoms with E-state index in [-0.39, 0.29) is 0 Å². The number of rotatable bonds is 3. The quantitative estimate of drug-likeness (QED) is 0.543. The van der Waals surface area contributed by atoms with Gasteiger partial charge in [0.15, 0.2) is 5.82 Å². The van der Waals surface area contributed by atoms with Crippen molar-refractivity contribution in [2.75, 3.05) is 5.32 Å². The van der Waals surface area contributed by atoms with E-state index < -0.39 is 5.82 Å². The summed E-state index contributed by atoms with van der Waals surface area (Å²) in [6, 6.07) is 12.4. The van der Waals surface area contributed by atoms with Crippen LogP contribution in [0.4, 0.5) is 16.0 Å². The molecule has 0 saturated heterocycles. The van der Waals surface area contributed by atoms with Crippen LogP contribution in [0, 0.1) is 5.82 Å². The average molecular weight is 396 g/mol. The lowest BCUT2D eigenvalue weighted by Gasteiger charge is -2.11. The Hall–Kier alpha value is -2.93. The Labute approximate surface area is 151 Å². The highest BCUT2D eigenvalue weighted by Gasteiger charge is 2.12. The molecule has 4 aromatic rings. The zero-order valence-electron chi connectivity index (χ0n) is 12.8. The van der Waals surface area contributed by atoms with Crippen molar-refractivity contribution in [1.29, 1.82) is 0 Å². The maximum atomic E-state index is 13.1. The molecule has 1 N–H and O–H groups in total. The molecular weight excluding hydrogens is 385 g/mol. The molecule has 7 heteroatoms. The van der Waals surface area contributed by atoms with Crippen LogP contribution in [0.1, 0.15) is 0 Å². The second kappa shape index (κ2) is 6.52.